The predicted octanol–water partition coefficient (Wildman–Crippen LogP) is 2.97. The highest BCUT2D eigenvalue weighted by molar-refractivity contribution is 7.14. The average Bonchev–Trinajstić information content (AvgIpc) is 3.24. The summed E-state index contributed by atoms with van der Waals surface area (Å²) in [6.07, 6.45) is 0.689. The third-order valence-corrected chi connectivity index (χ3v) is 6.87. The molecule has 9 heteroatoms. The fourth-order valence-electron chi connectivity index (χ4n) is 3.82. The summed E-state index contributed by atoms with van der Waals surface area (Å²) >= 11 is 1.47. The molecular formula is C22H26FN5O2S. The molecule has 4 rings (SSSR count). The number of carbonyl (C=O) groups is 1. The number of hydrogen-bond donors (Lipinski definition) is 1. The predicted molar refractivity (Wildman–Crippen MR) is 120 cm³/mol. The maximum absolute atomic E-state index is 13.1. The Morgan fingerprint density at radius 2 is 1.81 bits per heavy atom. The third kappa shape index (κ3) is 4.41. The van der Waals surface area contributed by atoms with Crippen molar-refractivity contribution in [3.8, 4) is 5.13 Å². The number of amides is 1. The average molecular weight is 444 g/mol. The molecule has 164 valence electrons. The van der Waals surface area contributed by atoms with E-state index in [4.69, 9.17) is 0 Å². The smallest absolute Gasteiger partial charge is 0.276 e. The van der Waals surface area contributed by atoms with E-state index in [2.05, 4.69) is 15.0 Å². The zero-order valence-electron chi connectivity index (χ0n) is 17.9. The number of nitrogens with zero attached hydrogens (tertiary/aromatic N) is 4. The van der Waals surface area contributed by atoms with E-state index in [1.807, 2.05) is 25.7 Å². The van der Waals surface area contributed by atoms with Crippen molar-refractivity contribution in [2.45, 2.75) is 33.6 Å². The summed E-state index contributed by atoms with van der Waals surface area (Å²) in [6.45, 7) is 8.39. The van der Waals surface area contributed by atoms with Crippen molar-refractivity contribution in [2.75, 3.05) is 31.1 Å². The molecule has 0 atom stereocenters. The molecule has 1 N–H and O–H groups in total. The maximum Gasteiger partial charge on any atom is 0.276 e. The Labute approximate surface area is 184 Å². The van der Waals surface area contributed by atoms with E-state index in [1.165, 1.54) is 28.2 Å². The first-order valence-corrected chi connectivity index (χ1v) is 11.2. The second-order valence-electron chi connectivity index (χ2n) is 7.84. The van der Waals surface area contributed by atoms with Gasteiger partial charge in [0.1, 0.15) is 5.82 Å². The van der Waals surface area contributed by atoms with Crippen molar-refractivity contribution in [2.24, 2.45) is 0 Å². The van der Waals surface area contributed by atoms with Crippen LogP contribution >= 0.6 is 11.3 Å². The van der Waals surface area contributed by atoms with E-state index in [1.54, 1.807) is 12.1 Å². The summed E-state index contributed by atoms with van der Waals surface area (Å²) in [5, 5.41) is 3.72. The molecule has 7 nitrogen and oxygen atoms in total. The summed E-state index contributed by atoms with van der Waals surface area (Å²) in [6, 6.07) is 6.43. The first kappa shape index (κ1) is 21.3. The minimum atomic E-state index is -0.253. The molecule has 1 saturated heterocycles. The van der Waals surface area contributed by atoms with E-state index < -0.39 is 0 Å². The number of H-pyrrole nitrogens is 1. The molecule has 31 heavy (non-hydrogen) atoms. The summed E-state index contributed by atoms with van der Waals surface area (Å²) in [5.41, 5.74) is 3.13. The van der Waals surface area contributed by atoms with Crippen LogP contribution in [0.3, 0.4) is 0 Å². The van der Waals surface area contributed by atoms with Crippen molar-refractivity contribution >= 4 is 22.9 Å². The lowest BCUT2D eigenvalue weighted by molar-refractivity contribution is -0.131. The van der Waals surface area contributed by atoms with Gasteiger partial charge in [0.05, 0.1) is 5.69 Å². The number of rotatable bonds is 5. The number of aromatic nitrogens is 3. The highest BCUT2D eigenvalue weighted by Gasteiger charge is 2.23. The second kappa shape index (κ2) is 8.66. The van der Waals surface area contributed by atoms with Crippen LogP contribution in [0.5, 0.6) is 0 Å². The molecule has 3 aromatic rings. The number of nitrogens with one attached hydrogen (secondary N) is 1. The van der Waals surface area contributed by atoms with E-state index >= 15 is 0 Å². The Morgan fingerprint density at radius 1 is 1.13 bits per heavy atom. The van der Waals surface area contributed by atoms with Crippen LogP contribution in [0, 0.1) is 26.6 Å². The standard InChI is InChI=1S/C22H26FN5O2S/c1-14-16(3)31-22(24-14)28-21(30)19(15(2)25-28)8-9-20(29)27-12-10-26(11-13-27)18-6-4-17(23)5-7-18/h4-7,25H,8-13H2,1-3H3. The Balaban J connectivity index is 1.36. The van der Waals surface area contributed by atoms with Crippen LogP contribution in [0.2, 0.25) is 0 Å². The number of hydrogen-bond acceptors (Lipinski definition) is 5. The molecule has 1 aliphatic rings. The van der Waals surface area contributed by atoms with Crippen LogP contribution < -0.4 is 10.5 Å². The number of thiazole rings is 1. The van der Waals surface area contributed by atoms with Crippen molar-refractivity contribution in [3.05, 3.63) is 62.3 Å². The van der Waals surface area contributed by atoms with Gasteiger partial charge < -0.3 is 9.80 Å². The van der Waals surface area contributed by atoms with Gasteiger partial charge in [0.2, 0.25) is 11.0 Å². The number of carbonyl (C=O) groups excluding carboxylic acids is 1. The Bertz CT molecular complexity index is 1120. The van der Waals surface area contributed by atoms with Gasteiger partial charge in [-0.15, -0.1) is 0 Å². The van der Waals surface area contributed by atoms with Gasteiger partial charge >= 0.3 is 0 Å². The van der Waals surface area contributed by atoms with Crippen LogP contribution in [-0.2, 0) is 11.2 Å². The minimum Gasteiger partial charge on any atom is -0.368 e. The summed E-state index contributed by atoms with van der Waals surface area (Å²) in [5.74, 6) is -0.206. The summed E-state index contributed by atoms with van der Waals surface area (Å²) < 4.78 is 14.6. The molecular weight excluding hydrogens is 417 g/mol. The maximum atomic E-state index is 13.1. The molecule has 0 spiro atoms. The third-order valence-electron chi connectivity index (χ3n) is 5.81. The number of benzene rings is 1. The molecule has 1 fully saturated rings. The fraction of sp³-hybridized carbons (Fsp3) is 0.409. The van der Waals surface area contributed by atoms with Crippen molar-refractivity contribution in [1.29, 1.82) is 0 Å². The van der Waals surface area contributed by atoms with Crippen LogP contribution in [0.25, 0.3) is 5.13 Å². The highest BCUT2D eigenvalue weighted by atomic mass is 32.1. The van der Waals surface area contributed by atoms with Crippen LogP contribution in [0.1, 0.15) is 28.2 Å². The van der Waals surface area contributed by atoms with Gasteiger partial charge in [0.15, 0.2) is 0 Å². The van der Waals surface area contributed by atoms with Gasteiger partial charge in [0, 0.05) is 54.4 Å². The zero-order valence-corrected chi connectivity index (χ0v) is 18.8. The van der Waals surface area contributed by atoms with E-state index in [0.717, 1.165) is 22.0 Å². The van der Waals surface area contributed by atoms with E-state index in [9.17, 15) is 14.0 Å². The van der Waals surface area contributed by atoms with Crippen molar-refractivity contribution < 1.29 is 9.18 Å². The van der Waals surface area contributed by atoms with Gasteiger partial charge in [-0.3, -0.25) is 14.7 Å². The molecule has 1 aliphatic heterocycles. The Hall–Kier alpha value is -2.94. The molecule has 0 radical (unpaired) electrons. The van der Waals surface area contributed by atoms with Crippen LogP contribution in [-0.4, -0.2) is 51.8 Å². The molecule has 0 bridgehead atoms. The summed E-state index contributed by atoms with van der Waals surface area (Å²) in [4.78, 5) is 35.1. The lowest BCUT2D eigenvalue weighted by Gasteiger charge is -2.36. The molecule has 0 unspecified atom stereocenters. The van der Waals surface area contributed by atoms with Crippen LogP contribution in [0.15, 0.2) is 29.1 Å². The van der Waals surface area contributed by atoms with Crippen LogP contribution in [0.4, 0.5) is 10.1 Å². The molecule has 2 aromatic heterocycles. The summed E-state index contributed by atoms with van der Waals surface area (Å²) in [7, 11) is 0. The van der Waals surface area contributed by atoms with Gasteiger partial charge in [-0.25, -0.2) is 9.37 Å². The van der Waals surface area contributed by atoms with Gasteiger partial charge in [-0.05, 0) is 51.5 Å². The normalized spacial score (nSPS) is 14.3. The lowest BCUT2D eigenvalue weighted by atomic mass is 10.1. The zero-order chi connectivity index (χ0) is 22.1. The number of halogens is 1. The Kier molecular flexibility index (Phi) is 5.95. The SMILES string of the molecule is Cc1nc(-n2[nH]c(C)c(CCC(=O)N3CCN(c4ccc(F)cc4)CC3)c2=O)sc1C. The number of piperazine rings is 1. The van der Waals surface area contributed by atoms with E-state index in [0.29, 0.717) is 49.7 Å². The second-order valence-corrected chi connectivity index (χ2v) is 9.02. The molecule has 0 aliphatic carbocycles. The Morgan fingerprint density at radius 3 is 2.42 bits per heavy atom. The van der Waals surface area contributed by atoms with Gasteiger partial charge in [-0.2, -0.15) is 4.68 Å². The largest absolute Gasteiger partial charge is 0.368 e. The quantitative estimate of drug-likeness (QED) is 0.658. The van der Waals surface area contributed by atoms with Crippen molar-refractivity contribution in [1.82, 2.24) is 19.7 Å². The molecule has 0 saturated carbocycles. The number of aromatic amines is 1. The molecule has 1 aromatic carbocycles. The lowest BCUT2D eigenvalue weighted by Crippen LogP contribution is -2.48. The topological polar surface area (TPSA) is 74.2 Å². The van der Waals surface area contributed by atoms with Crippen molar-refractivity contribution in [3.63, 3.8) is 0 Å². The first-order chi connectivity index (χ1) is 14.8. The van der Waals surface area contributed by atoms with Gasteiger partial charge in [0.25, 0.3) is 5.56 Å². The van der Waals surface area contributed by atoms with E-state index in [-0.39, 0.29) is 17.3 Å². The molecule has 3 heterocycles. The minimum absolute atomic E-state index is 0.0474. The first-order valence-electron chi connectivity index (χ1n) is 10.4. The monoisotopic (exact) mass is 443 g/mol. The number of aryl methyl sites for hydroxylation is 3. The fourth-order valence-corrected chi connectivity index (χ4v) is 4.69. The highest BCUT2D eigenvalue weighted by Crippen LogP contribution is 2.20. The number of anilines is 1. The molecule has 1 amide bonds. The van der Waals surface area contributed by atoms with Gasteiger partial charge in [-0.1, -0.05) is 11.3 Å².